The van der Waals surface area contributed by atoms with Crippen LogP contribution in [-0.4, -0.2) is 23.0 Å². The van der Waals surface area contributed by atoms with Gasteiger partial charge in [0.15, 0.2) is 0 Å². The number of aromatic amines is 1. The number of hydrogen-bond donors (Lipinski definition) is 1. The summed E-state index contributed by atoms with van der Waals surface area (Å²) in [6.45, 7) is 2.05. The zero-order valence-corrected chi connectivity index (χ0v) is 11.1. The number of aromatic nitrogens is 2. The van der Waals surface area contributed by atoms with Gasteiger partial charge in [0, 0.05) is 0 Å². The molecule has 0 saturated heterocycles. The number of H-pyrrole nitrogens is 1. The number of benzene rings is 1. The molecule has 98 valence electrons. The molecule has 19 heavy (non-hydrogen) atoms. The third-order valence-corrected chi connectivity index (χ3v) is 3.72. The molecule has 3 rings (SSSR count). The first-order valence-electron chi connectivity index (χ1n) is 6.37. The summed E-state index contributed by atoms with van der Waals surface area (Å²) in [4.78, 5) is 19.4. The molecule has 0 radical (unpaired) electrons. The molecule has 0 aliphatic heterocycles. The summed E-state index contributed by atoms with van der Waals surface area (Å²) >= 11 is 0. The lowest BCUT2D eigenvalue weighted by Gasteiger charge is -2.08. The summed E-state index contributed by atoms with van der Waals surface area (Å²) in [6, 6.07) is 8.21. The summed E-state index contributed by atoms with van der Waals surface area (Å²) in [5.74, 6) is 0.521. The van der Waals surface area contributed by atoms with E-state index in [-0.39, 0.29) is 5.97 Å². The van der Waals surface area contributed by atoms with E-state index < -0.39 is 5.41 Å². The van der Waals surface area contributed by atoms with Gasteiger partial charge in [0.05, 0.1) is 19.0 Å². The van der Waals surface area contributed by atoms with Gasteiger partial charge in [-0.2, -0.15) is 0 Å². The van der Waals surface area contributed by atoms with Crippen molar-refractivity contribution in [2.75, 3.05) is 7.11 Å². The molecule has 1 aliphatic rings. The second-order valence-electron chi connectivity index (χ2n) is 5.09. The van der Waals surface area contributed by atoms with Gasteiger partial charge in [0.1, 0.15) is 11.2 Å². The molecule has 0 atom stereocenters. The number of nitrogens with one attached hydrogen (secondary N) is 1. The third kappa shape index (κ3) is 1.93. The number of ether oxygens (including phenoxy) is 1. The maximum Gasteiger partial charge on any atom is 0.319 e. The fraction of sp³-hybridized carbons (Fsp3) is 0.333. The van der Waals surface area contributed by atoms with Crippen LogP contribution in [0.2, 0.25) is 0 Å². The number of hydrogen-bond acceptors (Lipinski definition) is 3. The quantitative estimate of drug-likeness (QED) is 0.859. The lowest BCUT2D eigenvalue weighted by Crippen LogP contribution is -2.23. The van der Waals surface area contributed by atoms with Crippen molar-refractivity contribution in [1.82, 2.24) is 9.97 Å². The Morgan fingerprint density at radius 3 is 2.58 bits per heavy atom. The topological polar surface area (TPSA) is 55.0 Å². The van der Waals surface area contributed by atoms with Crippen LogP contribution < -0.4 is 0 Å². The van der Waals surface area contributed by atoms with Crippen molar-refractivity contribution < 1.29 is 9.53 Å². The Labute approximate surface area is 111 Å². The van der Waals surface area contributed by atoms with Crippen molar-refractivity contribution in [2.45, 2.75) is 25.2 Å². The van der Waals surface area contributed by atoms with Gasteiger partial charge in [-0.15, -0.1) is 0 Å². The minimum Gasteiger partial charge on any atom is -0.468 e. The standard InChI is InChI=1S/C15H16N2O2/c1-10-3-5-11(6-4-10)12-9-16-13(17-12)15(7-8-15)14(18)19-2/h3-6,9H,7-8H2,1-2H3,(H,16,17). The van der Waals surface area contributed by atoms with Crippen molar-refractivity contribution in [3.05, 3.63) is 41.9 Å². The Hall–Kier alpha value is -2.10. The van der Waals surface area contributed by atoms with Crippen LogP contribution in [0.15, 0.2) is 30.5 Å². The van der Waals surface area contributed by atoms with Crippen LogP contribution in [0.25, 0.3) is 11.3 Å². The largest absolute Gasteiger partial charge is 0.468 e. The van der Waals surface area contributed by atoms with Crippen LogP contribution in [-0.2, 0) is 14.9 Å². The second kappa shape index (κ2) is 4.23. The van der Waals surface area contributed by atoms with Crippen molar-refractivity contribution in [2.24, 2.45) is 0 Å². The molecule has 1 N–H and O–H groups in total. The Morgan fingerprint density at radius 2 is 2.00 bits per heavy atom. The van der Waals surface area contributed by atoms with Crippen molar-refractivity contribution in [3.8, 4) is 11.3 Å². The molecule has 0 unspecified atom stereocenters. The van der Waals surface area contributed by atoms with Crippen molar-refractivity contribution in [1.29, 1.82) is 0 Å². The zero-order chi connectivity index (χ0) is 13.5. The minimum atomic E-state index is -0.530. The molecule has 2 aromatic rings. The molecule has 1 fully saturated rings. The van der Waals surface area contributed by atoms with E-state index in [1.165, 1.54) is 12.7 Å². The Balaban J connectivity index is 1.92. The van der Waals surface area contributed by atoms with Gasteiger partial charge < -0.3 is 9.72 Å². The molecule has 1 aliphatic carbocycles. The highest BCUT2D eigenvalue weighted by atomic mass is 16.5. The Morgan fingerprint density at radius 1 is 1.32 bits per heavy atom. The summed E-state index contributed by atoms with van der Waals surface area (Å²) in [5.41, 5.74) is 2.70. The van der Waals surface area contributed by atoms with Gasteiger partial charge in [-0.3, -0.25) is 4.79 Å². The highest BCUT2D eigenvalue weighted by Crippen LogP contribution is 2.48. The van der Waals surface area contributed by atoms with E-state index in [0.717, 1.165) is 29.9 Å². The fourth-order valence-electron chi connectivity index (χ4n) is 2.30. The van der Waals surface area contributed by atoms with Gasteiger partial charge in [0.25, 0.3) is 0 Å². The average molecular weight is 256 g/mol. The second-order valence-corrected chi connectivity index (χ2v) is 5.09. The lowest BCUT2D eigenvalue weighted by molar-refractivity contribution is -0.143. The molecular formula is C15H16N2O2. The van der Waals surface area contributed by atoms with Crippen LogP contribution in [0.3, 0.4) is 0 Å². The van der Waals surface area contributed by atoms with Crippen molar-refractivity contribution in [3.63, 3.8) is 0 Å². The number of carbonyl (C=O) groups excluding carboxylic acids is 1. The van der Waals surface area contributed by atoms with Crippen LogP contribution in [0.5, 0.6) is 0 Å². The first-order chi connectivity index (χ1) is 9.15. The van der Waals surface area contributed by atoms with E-state index in [2.05, 4.69) is 29.0 Å². The van der Waals surface area contributed by atoms with E-state index >= 15 is 0 Å². The SMILES string of the molecule is COC(=O)C1(c2ncc(-c3ccc(C)cc3)[nH]2)CC1. The van der Waals surface area contributed by atoms with E-state index in [4.69, 9.17) is 4.74 Å². The number of nitrogens with zero attached hydrogens (tertiary/aromatic N) is 1. The average Bonchev–Trinajstić information content (AvgIpc) is 3.10. The first-order valence-corrected chi connectivity index (χ1v) is 6.37. The summed E-state index contributed by atoms with van der Waals surface area (Å²) in [6.07, 6.45) is 3.39. The summed E-state index contributed by atoms with van der Waals surface area (Å²) < 4.78 is 4.86. The Kier molecular flexibility index (Phi) is 2.66. The summed E-state index contributed by atoms with van der Waals surface area (Å²) in [5, 5.41) is 0. The molecule has 1 saturated carbocycles. The normalized spacial score (nSPS) is 16.1. The highest BCUT2D eigenvalue weighted by Gasteiger charge is 2.55. The van der Waals surface area contributed by atoms with E-state index in [1.807, 2.05) is 12.1 Å². The number of esters is 1. The predicted molar refractivity (Wildman–Crippen MR) is 71.7 cm³/mol. The number of rotatable bonds is 3. The maximum absolute atomic E-state index is 11.8. The number of aryl methyl sites for hydroxylation is 1. The van der Waals surface area contributed by atoms with Crippen LogP contribution >= 0.6 is 0 Å². The molecule has 0 spiro atoms. The molecule has 1 heterocycles. The Bertz CT molecular complexity index is 609. The molecule has 4 heteroatoms. The molecular weight excluding hydrogens is 240 g/mol. The predicted octanol–water partition coefficient (Wildman–Crippen LogP) is 2.59. The third-order valence-electron chi connectivity index (χ3n) is 3.72. The van der Waals surface area contributed by atoms with Crippen LogP contribution in [0.1, 0.15) is 24.2 Å². The maximum atomic E-state index is 11.8. The smallest absolute Gasteiger partial charge is 0.319 e. The van der Waals surface area contributed by atoms with Gasteiger partial charge in [0.2, 0.25) is 0 Å². The van der Waals surface area contributed by atoms with Gasteiger partial charge >= 0.3 is 5.97 Å². The number of carbonyl (C=O) groups is 1. The zero-order valence-electron chi connectivity index (χ0n) is 11.1. The van der Waals surface area contributed by atoms with Gasteiger partial charge in [-0.05, 0) is 25.3 Å². The fourth-order valence-corrected chi connectivity index (χ4v) is 2.30. The van der Waals surface area contributed by atoms with Crippen LogP contribution in [0.4, 0.5) is 0 Å². The van der Waals surface area contributed by atoms with Gasteiger partial charge in [-0.25, -0.2) is 4.98 Å². The molecule has 0 amide bonds. The van der Waals surface area contributed by atoms with E-state index in [1.54, 1.807) is 6.20 Å². The molecule has 4 nitrogen and oxygen atoms in total. The first kappa shape index (κ1) is 12.0. The molecule has 1 aromatic heterocycles. The van der Waals surface area contributed by atoms with Crippen molar-refractivity contribution >= 4 is 5.97 Å². The number of imidazole rings is 1. The van der Waals surface area contributed by atoms with Gasteiger partial charge in [-0.1, -0.05) is 29.8 Å². The highest BCUT2D eigenvalue weighted by molar-refractivity contribution is 5.85. The molecule has 1 aromatic carbocycles. The summed E-state index contributed by atoms with van der Waals surface area (Å²) in [7, 11) is 1.42. The van der Waals surface area contributed by atoms with E-state index in [0.29, 0.717) is 0 Å². The molecule has 0 bridgehead atoms. The minimum absolute atomic E-state index is 0.197. The monoisotopic (exact) mass is 256 g/mol. The van der Waals surface area contributed by atoms with Crippen LogP contribution in [0, 0.1) is 6.92 Å². The lowest BCUT2D eigenvalue weighted by atomic mass is 10.1. The number of methoxy groups -OCH3 is 1. The van der Waals surface area contributed by atoms with E-state index in [9.17, 15) is 4.79 Å².